The molecule has 1 N–H and O–H groups in total. The lowest BCUT2D eigenvalue weighted by Crippen LogP contribution is -2.21. The van der Waals surface area contributed by atoms with Crippen molar-refractivity contribution in [2.24, 2.45) is 5.41 Å². The normalized spacial score (nSPS) is 18.9. The van der Waals surface area contributed by atoms with Crippen molar-refractivity contribution in [3.05, 3.63) is 20.8 Å². The molecule has 1 heterocycles. The molecule has 1 fully saturated rings. The van der Waals surface area contributed by atoms with Crippen molar-refractivity contribution in [2.75, 3.05) is 6.54 Å². The molecular weight excluding hydrogens is 246 g/mol. The minimum atomic E-state index is 0.615. The zero-order valence-electron chi connectivity index (χ0n) is 7.77. The molecule has 0 bridgehead atoms. The molecule has 1 aromatic rings. The molecule has 1 aliphatic carbocycles. The van der Waals surface area contributed by atoms with Crippen molar-refractivity contribution >= 4 is 27.3 Å². The standard InChI is InChI=1S/C10H14BrNS/c1-10(3-4-10)7-12-6-9-8(11)2-5-13-9/h2,5,12H,3-4,6-7H2,1H3. The van der Waals surface area contributed by atoms with Crippen LogP contribution in [0.4, 0.5) is 0 Å². The van der Waals surface area contributed by atoms with Crippen molar-refractivity contribution in [3.8, 4) is 0 Å². The van der Waals surface area contributed by atoms with E-state index in [1.807, 2.05) is 11.3 Å². The van der Waals surface area contributed by atoms with Gasteiger partial charge in [0, 0.05) is 22.4 Å². The first kappa shape index (κ1) is 9.69. The summed E-state index contributed by atoms with van der Waals surface area (Å²) in [6.45, 7) is 4.52. The van der Waals surface area contributed by atoms with Crippen LogP contribution in [0.2, 0.25) is 0 Å². The van der Waals surface area contributed by atoms with E-state index in [2.05, 4.69) is 39.6 Å². The number of hydrogen-bond donors (Lipinski definition) is 1. The van der Waals surface area contributed by atoms with E-state index in [1.165, 1.54) is 22.2 Å². The third-order valence-corrected chi connectivity index (χ3v) is 4.56. The predicted molar refractivity (Wildman–Crippen MR) is 61.1 cm³/mol. The molecule has 0 radical (unpaired) electrons. The van der Waals surface area contributed by atoms with Crippen molar-refractivity contribution in [3.63, 3.8) is 0 Å². The van der Waals surface area contributed by atoms with Crippen LogP contribution in [0.25, 0.3) is 0 Å². The van der Waals surface area contributed by atoms with E-state index in [4.69, 9.17) is 0 Å². The summed E-state index contributed by atoms with van der Waals surface area (Å²) >= 11 is 5.34. The molecule has 0 amide bonds. The average Bonchev–Trinajstić information content (AvgIpc) is 2.68. The minimum absolute atomic E-state index is 0.615. The second-order valence-electron chi connectivity index (χ2n) is 4.11. The average molecular weight is 260 g/mol. The van der Waals surface area contributed by atoms with Crippen LogP contribution >= 0.6 is 27.3 Å². The van der Waals surface area contributed by atoms with Gasteiger partial charge in [-0.05, 0) is 45.6 Å². The van der Waals surface area contributed by atoms with Gasteiger partial charge in [0.2, 0.25) is 0 Å². The fourth-order valence-electron chi connectivity index (χ4n) is 1.32. The van der Waals surface area contributed by atoms with Crippen molar-refractivity contribution < 1.29 is 0 Å². The van der Waals surface area contributed by atoms with Crippen molar-refractivity contribution in [1.29, 1.82) is 0 Å². The Labute approximate surface area is 91.7 Å². The Morgan fingerprint density at radius 1 is 1.62 bits per heavy atom. The van der Waals surface area contributed by atoms with Crippen LogP contribution < -0.4 is 5.32 Å². The monoisotopic (exact) mass is 259 g/mol. The fraction of sp³-hybridized carbons (Fsp3) is 0.600. The van der Waals surface area contributed by atoms with E-state index in [0.717, 1.165) is 13.1 Å². The van der Waals surface area contributed by atoms with Gasteiger partial charge in [0.1, 0.15) is 0 Å². The summed E-state index contributed by atoms with van der Waals surface area (Å²) in [7, 11) is 0. The molecular formula is C10H14BrNS. The lowest BCUT2D eigenvalue weighted by Gasteiger charge is -2.08. The Balaban J connectivity index is 1.77. The summed E-state index contributed by atoms with van der Waals surface area (Å²) in [5.74, 6) is 0. The maximum Gasteiger partial charge on any atom is 0.0327 e. The van der Waals surface area contributed by atoms with Crippen LogP contribution in [0.15, 0.2) is 15.9 Å². The molecule has 72 valence electrons. The van der Waals surface area contributed by atoms with E-state index >= 15 is 0 Å². The van der Waals surface area contributed by atoms with Gasteiger partial charge in [0.05, 0.1) is 0 Å². The van der Waals surface area contributed by atoms with E-state index in [1.54, 1.807) is 0 Å². The second-order valence-corrected chi connectivity index (χ2v) is 5.96. The highest BCUT2D eigenvalue weighted by Gasteiger charge is 2.36. The number of halogens is 1. The summed E-state index contributed by atoms with van der Waals surface area (Å²) in [5, 5.41) is 5.64. The summed E-state index contributed by atoms with van der Waals surface area (Å²) in [5.41, 5.74) is 0.615. The quantitative estimate of drug-likeness (QED) is 0.874. The largest absolute Gasteiger partial charge is 0.311 e. The first-order valence-corrected chi connectivity index (χ1v) is 6.29. The molecule has 3 heteroatoms. The molecule has 1 aromatic heterocycles. The Hall–Kier alpha value is 0.140. The third-order valence-electron chi connectivity index (χ3n) is 2.63. The van der Waals surface area contributed by atoms with Gasteiger partial charge in [-0.1, -0.05) is 6.92 Å². The molecule has 2 rings (SSSR count). The first-order chi connectivity index (χ1) is 6.20. The van der Waals surface area contributed by atoms with Gasteiger partial charge in [-0.25, -0.2) is 0 Å². The van der Waals surface area contributed by atoms with Crippen LogP contribution in [0, 0.1) is 5.41 Å². The number of thiophene rings is 1. The van der Waals surface area contributed by atoms with Crippen molar-refractivity contribution in [1.82, 2.24) is 5.32 Å². The van der Waals surface area contributed by atoms with Gasteiger partial charge in [-0.2, -0.15) is 0 Å². The van der Waals surface area contributed by atoms with Gasteiger partial charge in [0.25, 0.3) is 0 Å². The van der Waals surface area contributed by atoms with Crippen LogP contribution in [0.3, 0.4) is 0 Å². The molecule has 0 aliphatic heterocycles. The third kappa shape index (κ3) is 2.55. The van der Waals surface area contributed by atoms with E-state index in [9.17, 15) is 0 Å². The van der Waals surface area contributed by atoms with Crippen LogP contribution in [0.5, 0.6) is 0 Å². The Bertz CT molecular complexity index is 291. The van der Waals surface area contributed by atoms with Gasteiger partial charge in [-0.3, -0.25) is 0 Å². The van der Waals surface area contributed by atoms with E-state index < -0.39 is 0 Å². The fourth-order valence-corrected chi connectivity index (χ4v) is 2.78. The molecule has 0 aromatic carbocycles. The number of rotatable bonds is 4. The maximum absolute atomic E-state index is 3.53. The Morgan fingerprint density at radius 3 is 2.92 bits per heavy atom. The van der Waals surface area contributed by atoms with E-state index in [-0.39, 0.29) is 0 Å². The van der Waals surface area contributed by atoms with Gasteiger partial charge in [-0.15, -0.1) is 11.3 Å². The Kier molecular flexibility index (Phi) is 2.77. The summed E-state index contributed by atoms with van der Waals surface area (Å²) < 4.78 is 1.24. The van der Waals surface area contributed by atoms with Crippen LogP contribution in [0.1, 0.15) is 24.6 Å². The predicted octanol–water partition coefficient (Wildman–Crippen LogP) is 3.40. The van der Waals surface area contributed by atoms with Crippen LogP contribution in [-0.2, 0) is 6.54 Å². The zero-order chi connectivity index (χ0) is 9.31. The highest BCUT2D eigenvalue weighted by molar-refractivity contribution is 9.10. The molecule has 0 saturated heterocycles. The molecule has 1 aliphatic rings. The first-order valence-electron chi connectivity index (χ1n) is 4.62. The zero-order valence-corrected chi connectivity index (χ0v) is 10.2. The lowest BCUT2D eigenvalue weighted by atomic mass is 10.1. The molecule has 0 atom stereocenters. The molecule has 0 unspecified atom stereocenters. The summed E-state index contributed by atoms with van der Waals surface area (Å²) in [6.07, 6.45) is 2.79. The second kappa shape index (κ2) is 3.71. The summed E-state index contributed by atoms with van der Waals surface area (Å²) in [4.78, 5) is 1.41. The highest BCUT2D eigenvalue weighted by Crippen LogP contribution is 2.44. The van der Waals surface area contributed by atoms with Crippen LogP contribution in [-0.4, -0.2) is 6.54 Å². The number of nitrogens with one attached hydrogen (secondary N) is 1. The van der Waals surface area contributed by atoms with Gasteiger partial charge in [0.15, 0.2) is 0 Å². The molecule has 0 spiro atoms. The molecule has 1 nitrogen and oxygen atoms in total. The summed E-state index contributed by atoms with van der Waals surface area (Å²) in [6, 6.07) is 2.11. The molecule has 1 saturated carbocycles. The van der Waals surface area contributed by atoms with Crippen molar-refractivity contribution in [2.45, 2.75) is 26.3 Å². The minimum Gasteiger partial charge on any atom is -0.311 e. The Morgan fingerprint density at radius 2 is 2.38 bits per heavy atom. The molecule has 13 heavy (non-hydrogen) atoms. The lowest BCUT2D eigenvalue weighted by molar-refractivity contribution is 0.501. The van der Waals surface area contributed by atoms with Gasteiger partial charge >= 0.3 is 0 Å². The van der Waals surface area contributed by atoms with E-state index in [0.29, 0.717) is 5.41 Å². The smallest absolute Gasteiger partial charge is 0.0327 e. The topological polar surface area (TPSA) is 12.0 Å². The SMILES string of the molecule is CC1(CNCc2sccc2Br)CC1. The maximum atomic E-state index is 3.53. The highest BCUT2D eigenvalue weighted by atomic mass is 79.9. The van der Waals surface area contributed by atoms with Gasteiger partial charge < -0.3 is 5.32 Å². The number of hydrogen-bond acceptors (Lipinski definition) is 2.